The van der Waals surface area contributed by atoms with Crippen LogP contribution >= 0.6 is 0 Å². The van der Waals surface area contributed by atoms with Gasteiger partial charge in [0.2, 0.25) is 11.8 Å². The summed E-state index contributed by atoms with van der Waals surface area (Å²) in [5.74, 6) is 0.475. The summed E-state index contributed by atoms with van der Waals surface area (Å²) < 4.78 is 0. The van der Waals surface area contributed by atoms with Gasteiger partial charge in [-0.05, 0) is 6.42 Å². The third-order valence-corrected chi connectivity index (χ3v) is 3.15. The van der Waals surface area contributed by atoms with Crippen molar-refractivity contribution in [1.82, 2.24) is 9.80 Å². The van der Waals surface area contributed by atoms with Gasteiger partial charge in [0.1, 0.15) is 0 Å². The molecule has 1 atom stereocenters. The highest BCUT2D eigenvalue weighted by Gasteiger charge is 2.36. The molecule has 0 spiro atoms. The summed E-state index contributed by atoms with van der Waals surface area (Å²) >= 11 is 0. The summed E-state index contributed by atoms with van der Waals surface area (Å²) in [5, 5.41) is 0. The van der Waals surface area contributed by atoms with E-state index in [1.54, 1.807) is 0 Å². The molecular weight excluding hydrogens is 180 g/mol. The lowest BCUT2D eigenvalue weighted by Gasteiger charge is -2.37. The number of hydrogen-bond donors (Lipinski definition) is 0. The van der Waals surface area contributed by atoms with Crippen LogP contribution in [-0.2, 0) is 9.59 Å². The second-order valence-electron chi connectivity index (χ2n) is 3.97. The van der Waals surface area contributed by atoms with Gasteiger partial charge < -0.3 is 9.80 Å². The zero-order valence-electron chi connectivity index (χ0n) is 8.53. The molecule has 0 bridgehead atoms. The molecule has 1 unspecified atom stereocenters. The largest absolute Gasteiger partial charge is 0.339 e. The number of rotatable bonds is 1. The van der Waals surface area contributed by atoms with Crippen molar-refractivity contribution in [2.75, 3.05) is 19.6 Å². The molecule has 2 aliphatic rings. The van der Waals surface area contributed by atoms with Crippen molar-refractivity contribution < 1.29 is 9.59 Å². The summed E-state index contributed by atoms with van der Waals surface area (Å²) in [6, 6.07) is 0.298. The predicted octanol–water partition coefficient (Wildman–Crippen LogP) is 0.230. The monoisotopic (exact) mass is 196 g/mol. The molecule has 4 heteroatoms. The van der Waals surface area contributed by atoms with Gasteiger partial charge in [-0.25, -0.2) is 0 Å². The van der Waals surface area contributed by atoms with E-state index < -0.39 is 0 Å². The number of carbonyl (C=O) groups excluding carboxylic acids is 2. The third kappa shape index (κ3) is 1.49. The van der Waals surface area contributed by atoms with Crippen LogP contribution in [0.15, 0.2) is 0 Å². The molecular formula is C10H16N2O2. The summed E-state index contributed by atoms with van der Waals surface area (Å²) in [6.07, 6.45) is 2.16. The minimum absolute atomic E-state index is 0.212. The van der Waals surface area contributed by atoms with E-state index in [2.05, 4.69) is 0 Å². The Bertz CT molecular complexity index is 265. The van der Waals surface area contributed by atoms with Gasteiger partial charge in [0.15, 0.2) is 0 Å². The first kappa shape index (κ1) is 9.49. The van der Waals surface area contributed by atoms with E-state index in [4.69, 9.17) is 0 Å². The number of nitrogens with zero attached hydrogens (tertiary/aromatic N) is 2. The zero-order chi connectivity index (χ0) is 10.1. The molecule has 2 rings (SSSR count). The van der Waals surface area contributed by atoms with E-state index in [1.165, 1.54) is 0 Å². The highest BCUT2D eigenvalue weighted by molar-refractivity contribution is 5.80. The minimum atomic E-state index is 0.212. The van der Waals surface area contributed by atoms with Gasteiger partial charge in [-0.3, -0.25) is 9.59 Å². The van der Waals surface area contributed by atoms with Crippen LogP contribution in [0.5, 0.6) is 0 Å². The van der Waals surface area contributed by atoms with Gasteiger partial charge in [0.05, 0.1) is 0 Å². The molecule has 0 saturated carbocycles. The lowest BCUT2D eigenvalue weighted by Crippen LogP contribution is -2.53. The van der Waals surface area contributed by atoms with Crippen LogP contribution in [-0.4, -0.2) is 47.3 Å². The summed E-state index contributed by atoms with van der Waals surface area (Å²) in [4.78, 5) is 26.7. The molecule has 0 radical (unpaired) electrons. The smallest absolute Gasteiger partial charge is 0.223 e. The summed E-state index contributed by atoms with van der Waals surface area (Å²) in [7, 11) is 0. The lowest BCUT2D eigenvalue weighted by atomic mass is 10.1. The third-order valence-electron chi connectivity index (χ3n) is 3.15. The molecule has 2 heterocycles. The standard InChI is InChI=1S/C10H16N2O2/c1-2-9(13)11-5-6-12-8(7-11)3-4-10(12)14/h8H,2-7H2,1H3. The van der Waals surface area contributed by atoms with E-state index in [0.29, 0.717) is 18.9 Å². The van der Waals surface area contributed by atoms with E-state index in [0.717, 1.165) is 26.1 Å². The lowest BCUT2D eigenvalue weighted by molar-refractivity contribution is -0.138. The Kier molecular flexibility index (Phi) is 2.44. The zero-order valence-corrected chi connectivity index (χ0v) is 8.53. The molecule has 0 N–H and O–H groups in total. The van der Waals surface area contributed by atoms with Crippen molar-refractivity contribution in [3.05, 3.63) is 0 Å². The van der Waals surface area contributed by atoms with Gasteiger partial charge >= 0.3 is 0 Å². The Morgan fingerprint density at radius 3 is 3.00 bits per heavy atom. The van der Waals surface area contributed by atoms with E-state index >= 15 is 0 Å². The molecule has 0 aromatic heterocycles. The van der Waals surface area contributed by atoms with Crippen LogP contribution in [0.3, 0.4) is 0 Å². The molecule has 2 amide bonds. The Balaban J connectivity index is 1.99. The van der Waals surface area contributed by atoms with E-state index in [9.17, 15) is 9.59 Å². The van der Waals surface area contributed by atoms with Gasteiger partial charge in [0, 0.05) is 38.5 Å². The molecule has 2 fully saturated rings. The average Bonchev–Trinajstić information content (AvgIpc) is 2.59. The Labute approximate surface area is 83.9 Å². The summed E-state index contributed by atoms with van der Waals surface area (Å²) in [6.45, 7) is 4.08. The quantitative estimate of drug-likeness (QED) is 0.602. The van der Waals surface area contributed by atoms with Crippen molar-refractivity contribution in [2.45, 2.75) is 32.2 Å². The van der Waals surface area contributed by atoms with Crippen molar-refractivity contribution >= 4 is 11.8 Å². The number of piperazine rings is 1. The fraction of sp³-hybridized carbons (Fsp3) is 0.800. The van der Waals surface area contributed by atoms with E-state index in [-0.39, 0.29) is 11.8 Å². The van der Waals surface area contributed by atoms with Crippen LogP contribution in [0.1, 0.15) is 26.2 Å². The van der Waals surface area contributed by atoms with Crippen molar-refractivity contribution in [1.29, 1.82) is 0 Å². The minimum Gasteiger partial charge on any atom is -0.339 e. The molecule has 2 aliphatic heterocycles. The highest BCUT2D eigenvalue weighted by atomic mass is 16.2. The van der Waals surface area contributed by atoms with Gasteiger partial charge in [-0.1, -0.05) is 6.92 Å². The number of hydrogen-bond acceptors (Lipinski definition) is 2. The van der Waals surface area contributed by atoms with Crippen LogP contribution in [0.4, 0.5) is 0 Å². The predicted molar refractivity (Wildman–Crippen MR) is 51.6 cm³/mol. The second-order valence-corrected chi connectivity index (χ2v) is 3.97. The molecule has 0 aliphatic carbocycles. The number of carbonyl (C=O) groups is 2. The normalized spacial score (nSPS) is 26.6. The van der Waals surface area contributed by atoms with Gasteiger partial charge in [0.25, 0.3) is 0 Å². The maximum absolute atomic E-state index is 11.5. The Hall–Kier alpha value is -1.06. The van der Waals surface area contributed by atoms with Crippen LogP contribution in [0, 0.1) is 0 Å². The molecule has 78 valence electrons. The molecule has 4 nitrogen and oxygen atoms in total. The van der Waals surface area contributed by atoms with E-state index in [1.807, 2.05) is 16.7 Å². The fourth-order valence-electron chi connectivity index (χ4n) is 2.31. The molecule has 14 heavy (non-hydrogen) atoms. The SMILES string of the molecule is CCC(=O)N1CCN2C(=O)CCC2C1. The average molecular weight is 196 g/mol. The topological polar surface area (TPSA) is 40.6 Å². The first-order valence-electron chi connectivity index (χ1n) is 5.29. The first-order chi connectivity index (χ1) is 6.72. The van der Waals surface area contributed by atoms with Crippen LogP contribution in [0.25, 0.3) is 0 Å². The summed E-state index contributed by atoms with van der Waals surface area (Å²) in [5.41, 5.74) is 0. The maximum atomic E-state index is 11.5. The van der Waals surface area contributed by atoms with Crippen LogP contribution < -0.4 is 0 Å². The fourth-order valence-corrected chi connectivity index (χ4v) is 2.31. The first-order valence-corrected chi connectivity index (χ1v) is 5.29. The second kappa shape index (κ2) is 3.59. The van der Waals surface area contributed by atoms with Crippen molar-refractivity contribution in [2.24, 2.45) is 0 Å². The van der Waals surface area contributed by atoms with Crippen molar-refractivity contribution in [3.63, 3.8) is 0 Å². The molecule has 0 aromatic rings. The highest BCUT2D eigenvalue weighted by Crippen LogP contribution is 2.22. The maximum Gasteiger partial charge on any atom is 0.223 e. The molecule has 0 aromatic carbocycles. The van der Waals surface area contributed by atoms with Gasteiger partial charge in [-0.15, -0.1) is 0 Å². The number of fused-ring (bicyclic) bond motifs is 1. The van der Waals surface area contributed by atoms with Gasteiger partial charge in [-0.2, -0.15) is 0 Å². The number of amides is 2. The molecule has 2 saturated heterocycles. The Morgan fingerprint density at radius 2 is 2.29 bits per heavy atom. The van der Waals surface area contributed by atoms with Crippen molar-refractivity contribution in [3.8, 4) is 0 Å². The Morgan fingerprint density at radius 1 is 1.50 bits per heavy atom. The van der Waals surface area contributed by atoms with Crippen LogP contribution in [0.2, 0.25) is 0 Å².